The van der Waals surface area contributed by atoms with E-state index in [2.05, 4.69) is 17.2 Å². The van der Waals surface area contributed by atoms with E-state index < -0.39 is 0 Å². The van der Waals surface area contributed by atoms with Crippen molar-refractivity contribution in [1.82, 2.24) is 10.2 Å². The monoisotopic (exact) mass is 288 g/mol. The van der Waals surface area contributed by atoms with Gasteiger partial charge in [-0.3, -0.25) is 9.59 Å². The van der Waals surface area contributed by atoms with Gasteiger partial charge in [-0.15, -0.1) is 0 Å². The maximum atomic E-state index is 12.5. The van der Waals surface area contributed by atoms with Crippen LogP contribution < -0.4 is 5.32 Å². The summed E-state index contributed by atoms with van der Waals surface area (Å²) < 4.78 is 0. The van der Waals surface area contributed by atoms with Gasteiger partial charge < -0.3 is 15.3 Å². The van der Waals surface area contributed by atoms with Gasteiger partial charge in [0, 0.05) is 24.7 Å². The van der Waals surface area contributed by atoms with Crippen LogP contribution in [0.4, 0.5) is 0 Å². The normalized spacial score (nSPS) is 9.52. The minimum absolute atomic E-state index is 0.0252. The van der Waals surface area contributed by atoms with E-state index in [0.29, 0.717) is 17.7 Å². The van der Waals surface area contributed by atoms with E-state index in [4.69, 9.17) is 5.11 Å². The second-order valence-corrected chi connectivity index (χ2v) is 4.54. The molecule has 5 nitrogen and oxygen atoms in total. The van der Waals surface area contributed by atoms with Crippen LogP contribution in [0.25, 0.3) is 0 Å². The molecule has 5 heteroatoms. The summed E-state index contributed by atoms with van der Waals surface area (Å²) >= 11 is 0. The Kier molecular flexibility index (Phi) is 6.44. The molecule has 1 aromatic carbocycles. The molecule has 0 atom stereocenters. The van der Waals surface area contributed by atoms with Gasteiger partial charge in [0.25, 0.3) is 5.91 Å². The van der Waals surface area contributed by atoms with Crippen molar-refractivity contribution in [1.29, 1.82) is 0 Å². The van der Waals surface area contributed by atoms with Crippen molar-refractivity contribution in [3.05, 3.63) is 34.9 Å². The molecule has 0 fully saturated rings. The zero-order chi connectivity index (χ0) is 15.8. The Morgan fingerprint density at radius 3 is 2.62 bits per heavy atom. The molecule has 2 amide bonds. The fourth-order valence-corrected chi connectivity index (χ4v) is 1.88. The average molecular weight is 288 g/mol. The van der Waals surface area contributed by atoms with Gasteiger partial charge >= 0.3 is 0 Å². The van der Waals surface area contributed by atoms with E-state index in [9.17, 15) is 9.59 Å². The number of carbonyl (C=O) groups excluding carboxylic acids is 2. The summed E-state index contributed by atoms with van der Waals surface area (Å²) in [5.74, 6) is 4.93. The molecule has 0 saturated carbocycles. The third-order valence-electron chi connectivity index (χ3n) is 2.92. The molecular weight excluding hydrogens is 268 g/mol. The van der Waals surface area contributed by atoms with Crippen molar-refractivity contribution < 1.29 is 14.7 Å². The third kappa shape index (κ3) is 4.93. The van der Waals surface area contributed by atoms with E-state index >= 15 is 0 Å². The number of aliphatic hydroxyl groups excluding tert-OH is 1. The number of aliphatic hydroxyl groups is 1. The molecule has 0 bridgehead atoms. The van der Waals surface area contributed by atoms with Gasteiger partial charge in [-0.25, -0.2) is 0 Å². The van der Waals surface area contributed by atoms with Crippen molar-refractivity contribution in [3.63, 3.8) is 0 Å². The predicted molar refractivity (Wildman–Crippen MR) is 80.8 cm³/mol. The lowest BCUT2D eigenvalue weighted by Crippen LogP contribution is -2.39. The lowest BCUT2D eigenvalue weighted by Gasteiger charge is -2.20. The number of hydrogen-bond donors (Lipinski definition) is 2. The van der Waals surface area contributed by atoms with Gasteiger partial charge in [0.15, 0.2) is 0 Å². The van der Waals surface area contributed by atoms with Crippen LogP contribution in [-0.4, -0.2) is 48.6 Å². The quantitative estimate of drug-likeness (QED) is 0.795. The Morgan fingerprint density at radius 1 is 1.33 bits per heavy atom. The molecule has 1 rings (SSSR count). The van der Waals surface area contributed by atoms with Gasteiger partial charge in [0.05, 0.1) is 6.54 Å². The van der Waals surface area contributed by atoms with Crippen molar-refractivity contribution >= 4 is 11.8 Å². The van der Waals surface area contributed by atoms with Crippen LogP contribution in [0.2, 0.25) is 0 Å². The molecule has 0 heterocycles. The number of carbonyl (C=O) groups is 2. The zero-order valence-corrected chi connectivity index (χ0v) is 12.6. The second-order valence-electron chi connectivity index (χ2n) is 4.54. The van der Waals surface area contributed by atoms with Gasteiger partial charge in [0.2, 0.25) is 5.91 Å². The molecule has 0 aliphatic rings. The summed E-state index contributed by atoms with van der Waals surface area (Å²) in [6.07, 6.45) is 0. The summed E-state index contributed by atoms with van der Waals surface area (Å²) in [5.41, 5.74) is 2.06. The molecule has 112 valence electrons. The van der Waals surface area contributed by atoms with E-state index in [1.165, 1.54) is 11.9 Å². The van der Waals surface area contributed by atoms with Crippen LogP contribution in [0, 0.1) is 18.8 Å². The highest BCUT2D eigenvalue weighted by Crippen LogP contribution is 2.12. The first-order valence-corrected chi connectivity index (χ1v) is 6.73. The Bertz CT molecular complexity index is 585. The zero-order valence-electron chi connectivity index (χ0n) is 12.6. The van der Waals surface area contributed by atoms with Gasteiger partial charge in [-0.2, -0.15) is 0 Å². The number of amides is 2. The van der Waals surface area contributed by atoms with Crippen LogP contribution in [0.5, 0.6) is 0 Å². The molecule has 0 aliphatic heterocycles. The Hall–Kier alpha value is -2.32. The molecule has 0 unspecified atom stereocenters. The van der Waals surface area contributed by atoms with Crippen LogP contribution in [-0.2, 0) is 4.79 Å². The smallest absolute Gasteiger partial charge is 0.254 e. The first-order chi connectivity index (χ1) is 10.0. The van der Waals surface area contributed by atoms with E-state index in [0.717, 1.165) is 5.56 Å². The average Bonchev–Trinajstić information content (AvgIpc) is 2.49. The number of rotatable bonds is 4. The highest BCUT2D eigenvalue weighted by molar-refractivity contribution is 5.97. The predicted octanol–water partition coefficient (Wildman–Crippen LogP) is 0.547. The molecule has 0 saturated heterocycles. The Labute approximate surface area is 125 Å². The fraction of sp³-hybridized carbons (Fsp3) is 0.375. The molecule has 0 spiro atoms. The van der Waals surface area contributed by atoms with Crippen molar-refractivity contribution in [2.75, 3.05) is 26.7 Å². The number of nitrogens with zero attached hydrogens (tertiary/aromatic N) is 1. The molecule has 0 aliphatic carbocycles. The highest BCUT2D eigenvalue weighted by atomic mass is 16.2. The van der Waals surface area contributed by atoms with E-state index in [1.54, 1.807) is 12.1 Å². The summed E-state index contributed by atoms with van der Waals surface area (Å²) in [6.45, 7) is 3.93. The van der Waals surface area contributed by atoms with Crippen LogP contribution >= 0.6 is 0 Å². The van der Waals surface area contributed by atoms with Crippen molar-refractivity contribution in [3.8, 4) is 11.8 Å². The number of nitrogens with one attached hydrogen (secondary N) is 1. The molecule has 2 N–H and O–H groups in total. The summed E-state index contributed by atoms with van der Waals surface area (Å²) in [7, 11) is 1.54. The molecule has 21 heavy (non-hydrogen) atoms. The van der Waals surface area contributed by atoms with Crippen LogP contribution in [0.3, 0.4) is 0 Å². The largest absolute Gasteiger partial charge is 0.384 e. The number of likely N-dealkylation sites (N-methyl/N-ethyl adjacent to an activating group) is 2. The number of benzene rings is 1. The SMILES string of the molecule is CCN(CC(=O)NC)C(=O)c1cc(C)cc(C#CCO)c1. The Balaban J connectivity index is 3.04. The minimum atomic E-state index is -0.227. The number of aryl methyl sites for hydroxylation is 1. The van der Waals surface area contributed by atoms with E-state index in [1.807, 2.05) is 19.9 Å². The topological polar surface area (TPSA) is 69.6 Å². The second kappa shape index (κ2) is 8.08. The molecular formula is C16H20N2O3. The summed E-state index contributed by atoms with van der Waals surface area (Å²) in [4.78, 5) is 25.4. The lowest BCUT2D eigenvalue weighted by molar-refractivity contribution is -0.121. The minimum Gasteiger partial charge on any atom is -0.384 e. The fourth-order valence-electron chi connectivity index (χ4n) is 1.88. The molecule has 0 aromatic heterocycles. The number of hydrogen-bond acceptors (Lipinski definition) is 3. The van der Waals surface area contributed by atoms with Crippen LogP contribution in [0.15, 0.2) is 18.2 Å². The lowest BCUT2D eigenvalue weighted by atomic mass is 10.1. The molecule has 1 aromatic rings. The first-order valence-electron chi connectivity index (χ1n) is 6.73. The van der Waals surface area contributed by atoms with E-state index in [-0.39, 0.29) is 25.0 Å². The maximum absolute atomic E-state index is 12.5. The summed E-state index contributed by atoms with van der Waals surface area (Å²) in [6, 6.07) is 5.28. The van der Waals surface area contributed by atoms with Crippen molar-refractivity contribution in [2.24, 2.45) is 0 Å². The highest BCUT2D eigenvalue weighted by Gasteiger charge is 2.17. The maximum Gasteiger partial charge on any atom is 0.254 e. The standard InChI is InChI=1S/C16H20N2O3/c1-4-18(11-15(20)17-3)16(21)14-9-12(2)8-13(10-14)6-5-7-19/h8-10,19H,4,7,11H2,1-3H3,(H,17,20). The van der Waals surface area contributed by atoms with Gasteiger partial charge in [0.1, 0.15) is 6.61 Å². The Morgan fingerprint density at radius 2 is 2.05 bits per heavy atom. The van der Waals surface area contributed by atoms with Gasteiger partial charge in [-0.05, 0) is 37.6 Å². The van der Waals surface area contributed by atoms with Gasteiger partial charge in [-0.1, -0.05) is 11.8 Å². The third-order valence-corrected chi connectivity index (χ3v) is 2.92. The molecule has 0 radical (unpaired) electrons. The summed E-state index contributed by atoms with van der Waals surface area (Å²) in [5, 5.41) is 11.2. The van der Waals surface area contributed by atoms with Crippen molar-refractivity contribution in [2.45, 2.75) is 13.8 Å². The first kappa shape index (κ1) is 16.7. The van der Waals surface area contributed by atoms with Crippen LogP contribution in [0.1, 0.15) is 28.4 Å².